The van der Waals surface area contributed by atoms with Crippen molar-refractivity contribution in [2.45, 2.75) is 77.8 Å². The molecule has 0 aliphatic carbocycles. The Morgan fingerprint density at radius 2 is 0.935 bits per heavy atom. The van der Waals surface area contributed by atoms with Gasteiger partial charge in [-0.25, -0.2) is 56.3 Å². The van der Waals surface area contributed by atoms with Crippen molar-refractivity contribution in [1.82, 2.24) is 48.0 Å². The summed E-state index contributed by atoms with van der Waals surface area (Å²) in [6, 6.07) is 14.1. The molecule has 62 heavy (non-hydrogen) atoms. The first-order valence-electron chi connectivity index (χ1n) is 19.9. The van der Waals surface area contributed by atoms with Crippen LogP contribution in [0.2, 0.25) is 0 Å². The van der Waals surface area contributed by atoms with E-state index in [1.807, 2.05) is 76.2 Å². The molecule has 0 fully saturated rings. The van der Waals surface area contributed by atoms with Crippen LogP contribution in [0.3, 0.4) is 0 Å². The van der Waals surface area contributed by atoms with Gasteiger partial charge in [-0.05, 0) is 37.8 Å². The van der Waals surface area contributed by atoms with Crippen molar-refractivity contribution in [3.05, 3.63) is 91.8 Å². The number of carbonyl (C=O) groups is 2. The summed E-state index contributed by atoms with van der Waals surface area (Å²) in [5.41, 5.74) is 15.1. The van der Waals surface area contributed by atoms with E-state index in [2.05, 4.69) is 19.9 Å². The van der Waals surface area contributed by atoms with Crippen LogP contribution < -0.4 is 22.8 Å². The number of hydrogen-bond donors (Lipinski definition) is 4. The fourth-order valence-electron chi connectivity index (χ4n) is 6.45. The number of hydrogen-bond acceptors (Lipinski definition) is 14. The van der Waals surface area contributed by atoms with Crippen LogP contribution in [0, 0.1) is 23.4 Å². The molecule has 0 radical (unpaired) electrons. The second-order valence-corrected chi connectivity index (χ2v) is 19.4. The minimum Gasteiger partial charge on any atom is -0.382 e. The maximum Gasteiger partial charge on any atom is 0.339 e. The van der Waals surface area contributed by atoms with Gasteiger partial charge in [0.1, 0.15) is 30.5 Å². The Labute approximate surface area is 359 Å². The minimum atomic E-state index is -3.28. The molecule has 6 N–H and O–H groups in total. The Bertz CT molecular complexity index is 2790. The molecule has 2 amide bonds. The van der Waals surface area contributed by atoms with Gasteiger partial charge in [-0.1, -0.05) is 87.4 Å². The lowest BCUT2D eigenvalue weighted by atomic mass is 10.1. The highest BCUT2D eigenvalue weighted by Crippen LogP contribution is 2.23. The molecule has 0 aliphatic heterocycles. The summed E-state index contributed by atoms with van der Waals surface area (Å²) in [6.45, 7) is 12.1. The number of benzene rings is 2. The molecule has 6 aromatic rings. The highest BCUT2D eigenvalue weighted by molar-refractivity contribution is 7.92. The molecule has 2 atom stereocenters. The van der Waals surface area contributed by atoms with E-state index in [9.17, 15) is 27.6 Å². The molecule has 0 saturated carbocycles. The molecule has 0 bridgehead atoms. The van der Waals surface area contributed by atoms with Gasteiger partial charge in [-0.3, -0.25) is 9.13 Å². The van der Waals surface area contributed by atoms with Crippen LogP contribution in [-0.2, 0) is 32.5 Å². The summed E-state index contributed by atoms with van der Waals surface area (Å²) >= 11 is 0. The number of nitrogen functional groups attached to an aromatic ring is 2. The summed E-state index contributed by atoms with van der Waals surface area (Å²) in [7, 11) is -3.36. The number of amides is 2. The summed E-state index contributed by atoms with van der Waals surface area (Å²) in [6.07, 6.45) is 1.43. The normalized spacial score (nSPS) is 13.3. The monoisotopic (exact) mass is 890 g/mol. The lowest BCUT2D eigenvalue weighted by molar-refractivity contribution is 0.210. The van der Waals surface area contributed by atoms with Gasteiger partial charge in [0, 0.05) is 38.7 Å². The van der Waals surface area contributed by atoms with Crippen molar-refractivity contribution in [2.75, 3.05) is 50.2 Å². The molecule has 4 aromatic heterocycles. The zero-order chi connectivity index (χ0) is 45.8. The average Bonchev–Trinajstić information content (AvgIpc) is 3.68. The Kier molecular flexibility index (Phi) is 14.1. The third kappa shape index (κ3) is 9.39. The van der Waals surface area contributed by atoms with Gasteiger partial charge in [-0.2, -0.15) is 9.97 Å². The molecule has 22 heteroatoms. The molecular formula is C40H54N14O6S2. The summed E-state index contributed by atoms with van der Waals surface area (Å²) in [5, 5.41) is -0.492. The summed E-state index contributed by atoms with van der Waals surface area (Å²) in [5.74, 6) is -0.323. The predicted octanol–water partition coefficient (Wildman–Crippen LogP) is 4.53. The average molecular weight is 891 g/mol. The number of aryl methyl sites for hydroxylation is 2. The van der Waals surface area contributed by atoms with E-state index < -0.39 is 42.9 Å². The fourth-order valence-corrected chi connectivity index (χ4v) is 7.92. The largest absolute Gasteiger partial charge is 0.382 e. The number of fused-ring (bicyclic) bond motifs is 2. The molecule has 0 saturated heterocycles. The van der Waals surface area contributed by atoms with E-state index in [1.165, 1.54) is 18.9 Å². The van der Waals surface area contributed by atoms with Crippen LogP contribution >= 0.6 is 0 Å². The van der Waals surface area contributed by atoms with Gasteiger partial charge < -0.3 is 21.3 Å². The van der Waals surface area contributed by atoms with Crippen LogP contribution in [0.5, 0.6) is 0 Å². The topological polar surface area (TPSA) is 280 Å². The summed E-state index contributed by atoms with van der Waals surface area (Å²) < 4.78 is 45.8. The van der Waals surface area contributed by atoms with E-state index in [1.54, 1.807) is 27.9 Å². The highest BCUT2D eigenvalue weighted by Gasteiger charge is 2.29. The number of carbonyl (C=O) groups excluding carboxylic acids is 2. The van der Waals surface area contributed by atoms with Crippen molar-refractivity contribution >= 4 is 65.5 Å². The van der Waals surface area contributed by atoms with Crippen molar-refractivity contribution in [3.63, 3.8) is 0 Å². The van der Waals surface area contributed by atoms with Crippen LogP contribution in [0.25, 0.3) is 22.3 Å². The number of nitrogens with zero attached hydrogens (tertiary/aromatic N) is 10. The van der Waals surface area contributed by atoms with Crippen molar-refractivity contribution in [1.29, 1.82) is 9.56 Å². The van der Waals surface area contributed by atoms with Crippen LogP contribution in [0.1, 0.15) is 62.8 Å². The number of rotatable bonds is 12. The molecule has 6 rings (SSSR count). The molecule has 20 nitrogen and oxygen atoms in total. The molecule has 4 heterocycles. The third-order valence-electron chi connectivity index (χ3n) is 10.0. The van der Waals surface area contributed by atoms with Crippen molar-refractivity contribution < 1.29 is 18.0 Å². The van der Waals surface area contributed by atoms with Gasteiger partial charge in [0.05, 0.1) is 13.1 Å². The van der Waals surface area contributed by atoms with Crippen LogP contribution in [0.4, 0.5) is 21.2 Å². The quantitative estimate of drug-likeness (QED) is 0.123. The molecular weight excluding hydrogens is 837 g/mol. The van der Waals surface area contributed by atoms with Gasteiger partial charge in [0.15, 0.2) is 22.9 Å². The molecule has 332 valence electrons. The zero-order valence-corrected chi connectivity index (χ0v) is 37.8. The van der Waals surface area contributed by atoms with Crippen molar-refractivity contribution in [3.8, 4) is 0 Å². The number of aromatic nitrogens is 8. The first-order chi connectivity index (χ1) is 29.2. The first-order valence-corrected chi connectivity index (χ1v) is 23.4. The second kappa shape index (κ2) is 18.7. The lowest BCUT2D eigenvalue weighted by Gasteiger charge is -2.16. The van der Waals surface area contributed by atoms with Crippen LogP contribution in [0.15, 0.2) is 68.4 Å². The van der Waals surface area contributed by atoms with E-state index in [0.29, 0.717) is 25.9 Å². The SMILES string of the molecule is CCCN(C)C(=O)n1c(=O)n(Cc2ccc(C)cc2)c2nc([S@@](=N)(=O)CC)nc(N)c21.CCCN(C)C(=O)n1c(=O)n(Cc2ccc(C)cc2)c2nc([S@](=N)(=O)CC)nc(N)c21. The van der Waals surface area contributed by atoms with Gasteiger partial charge in [-0.15, -0.1) is 0 Å². The minimum absolute atomic E-state index is 0.000974. The molecule has 0 spiro atoms. The highest BCUT2D eigenvalue weighted by atomic mass is 32.2. The first kappa shape index (κ1) is 46.6. The van der Waals surface area contributed by atoms with Gasteiger partial charge in [0.2, 0.25) is 10.3 Å². The second-order valence-electron chi connectivity index (χ2n) is 14.8. The molecule has 2 aromatic carbocycles. The zero-order valence-electron chi connectivity index (χ0n) is 36.2. The van der Waals surface area contributed by atoms with E-state index >= 15 is 0 Å². The maximum atomic E-state index is 13.3. The predicted molar refractivity (Wildman–Crippen MR) is 240 cm³/mol. The Morgan fingerprint density at radius 3 is 1.23 bits per heavy atom. The Morgan fingerprint density at radius 1 is 0.613 bits per heavy atom. The maximum absolute atomic E-state index is 13.3. The standard InChI is InChI=1S/2C20H27N7O3S/c2*1-5-11-25(4)19(28)27-15-16(21)23-18(31(22,30)6-2)24-17(15)26(20(27)29)12-14-9-7-13(3)8-10-14/h2*7-10,22H,5-6,11-12H2,1-4H3,(H2,21,23,24)/t2*31-/m10/s1. The number of nitrogens with two attached hydrogens (primary N) is 2. The number of anilines is 2. The number of imidazole rings is 2. The smallest absolute Gasteiger partial charge is 0.339 e. The van der Waals surface area contributed by atoms with Crippen LogP contribution in [-0.4, -0.2) is 107 Å². The van der Waals surface area contributed by atoms with E-state index in [4.69, 9.17) is 21.0 Å². The van der Waals surface area contributed by atoms with Crippen molar-refractivity contribution in [2.24, 2.45) is 0 Å². The van der Waals surface area contributed by atoms with E-state index in [0.717, 1.165) is 31.4 Å². The molecule has 0 unspecified atom stereocenters. The van der Waals surface area contributed by atoms with E-state index in [-0.39, 0.29) is 68.9 Å². The fraction of sp³-hybridized carbons (Fsp3) is 0.400. The Hall–Kier alpha value is -6.42. The number of nitrogens with one attached hydrogen (secondary N) is 2. The molecule has 0 aliphatic rings. The lowest BCUT2D eigenvalue weighted by Crippen LogP contribution is -2.38. The summed E-state index contributed by atoms with van der Waals surface area (Å²) in [4.78, 5) is 72.2. The third-order valence-corrected chi connectivity index (χ3v) is 13.2. The van der Waals surface area contributed by atoms with Gasteiger partial charge in [0.25, 0.3) is 0 Å². The van der Waals surface area contributed by atoms with Gasteiger partial charge >= 0.3 is 23.4 Å². The Balaban J connectivity index is 0.000000234.